The zero-order chi connectivity index (χ0) is 20.6. The van der Waals surface area contributed by atoms with Gasteiger partial charge in [-0.25, -0.2) is 9.18 Å². The highest BCUT2D eigenvalue weighted by Crippen LogP contribution is 2.30. The second-order valence-corrected chi connectivity index (χ2v) is 8.33. The maximum absolute atomic E-state index is 14.4. The topological polar surface area (TPSA) is 26.3 Å². The van der Waals surface area contributed by atoms with Crippen LogP contribution >= 0.6 is 0 Å². The van der Waals surface area contributed by atoms with Crippen molar-refractivity contribution in [1.82, 2.24) is 0 Å². The van der Waals surface area contributed by atoms with Crippen LogP contribution in [0.1, 0.15) is 81.1 Å². The van der Waals surface area contributed by atoms with E-state index in [1.807, 2.05) is 12.1 Å². The van der Waals surface area contributed by atoms with Crippen LogP contribution in [0.2, 0.25) is 0 Å². The number of unbranched alkanes of at least 4 members (excludes halogenated alkanes) is 1. The summed E-state index contributed by atoms with van der Waals surface area (Å²) in [5.41, 5.74) is 2.89. The molecule has 0 aliphatic heterocycles. The van der Waals surface area contributed by atoms with Gasteiger partial charge in [0.25, 0.3) is 0 Å². The Morgan fingerprint density at radius 3 is 2.34 bits per heavy atom. The fourth-order valence-electron chi connectivity index (χ4n) is 4.27. The lowest BCUT2D eigenvalue weighted by Gasteiger charge is -2.28. The summed E-state index contributed by atoms with van der Waals surface area (Å²) in [7, 11) is 0. The molecule has 2 nitrogen and oxygen atoms in total. The summed E-state index contributed by atoms with van der Waals surface area (Å²) in [6, 6.07) is 12.5. The van der Waals surface area contributed by atoms with E-state index >= 15 is 0 Å². The summed E-state index contributed by atoms with van der Waals surface area (Å²) < 4.78 is 20.2. The molecule has 0 aromatic heterocycles. The number of esters is 1. The molecule has 1 aliphatic carbocycles. The zero-order valence-electron chi connectivity index (χ0n) is 17.8. The number of hydrogen-bond donors (Lipinski definition) is 0. The van der Waals surface area contributed by atoms with Crippen molar-refractivity contribution in [3.8, 4) is 11.1 Å². The predicted molar refractivity (Wildman–Crippen MR) is 117 cm³/mol. The molecular formula is C26H33FO2. The van der Waals surface area contributed by atoms with Gasteiger partial charge in [-0.3, -0.25) is 0 Å². The average molecular weight is 397 g/mol. The molecule has 1 saturated carbocycles. The van der Waals surface area contributed by atoms with E-state index in [9.17, 15) is 9.18 Å². The monoisotopic (exact) mass is 396 g/mol. The van der Waals surface area contributed by atoms with Crippen molar-refractivity contribution in [3.63, 3.8) is 0 Å². The van der Waals surface area contributed by atoms with Gasteiger partial charge >= 0.3 is 5.97 Å². The number of hydrogen-bond acceptors (Lipinski definition) is 2. The molecule has 156 valence electrons. The number of rotatable bonds is 8. The molecule has 0 radical (unpaired) electrons. The Morgan fingerprint density at radius 2 is 1.72 bits per heavy atom. The number of carbonyl (C=O) groups is 1. The molecule has 3 heteroatoms. The lowest BCUT2D eigenvalue weighted by Crippen LogP contribution is -2.24. The van der Waals surface area contributed by atoms with E-state index in [0.29, 0.717) is 11.1 Å². The minimum atomic E-state index is -0.271. The third kappa shape index (κ3) is 5.91. The molecule has 2 aromatic carbocycles. The van der Waals surface area contributed by atoms with E-state index in [1.54, 1.807) is 30.3 Å². The first kappa shape index (κ1) is 21.5. The third-order valence-electron chi connectivity index (χ3n) is 6.04. The molecule has 3 rings (SSSR count). The Hall–Kier alpha value is -2.16. The molecule has 0 unspecified atom stereocenters. The first-order valence-corrected chi connectivity index (χ1v) is 11.2. The summed E-state index contributed by atoms with van der Waals surface area (Å²) in [5, 5.41) is 0. The molecule has 0 heterocycles. The summed E-state index contributed by atoms with van der Waals surface area (Å²) in [6.07, 6.45) is 9.99. The van der Waals surface area contributed by atoms with E-state index in [1.165, 1.54) is 19.3 Å². The summed E-state index contributed by atoms with van der Waals surface area (Å²) in [4.78, 5) is 12.5. The molecular weight excluding hydrogens is 363 g/mol. The smallest absolute Gasteiger partial charge is 0.338 e. The van der Waals surface area contributed by atoms with E-state index in [4.69, 9.17) is 4.74 Å². The third-order valence-corrected chi connectivity index (χ3v) is 6.04. The zero-order valence-corrected chi connectivity index (χ0v) is 17.8. The van der Waals surface area contributed by atoms with Crippen LogP contribution < -0.4 is 0 Å². The van der Waals surface area contributed by atoms with E-state index < -0.39 is 0 Å². The Balaban J connectivity index is 1.57. The molecule has 2 aromatic rings. The van der Waals surface area contributed by atoms with Crippen molar-refractivity contribution in [2.75, 3.05) is 0 Å². The second-order valence-electron chi connectivity index (χ2n) is 8.33. The summed E-state index contributed by atoms with van der Waals surface area (Å²) >= 11 is 0. The van der Waals surface area contributed by atoms with Gasteiger partial charge in [0.05, 0.1) is 5.56 Å². The highest BCUT2D eigenvalue weighted by Gasteiger charge is 2.24. The van der Waals surface area contributed by atoms with Crippen molar-refractivity contribution < 1.29 is 13.9 Å². The van der Waals surface area contributed by atoms with Crippen LogP contribution in [-0.4, -0.2) is 12.1 Å². The molecule has 0 atom stereocenters. The van der Waals surface area contributed by atoms with Crippen molar-refractivity contribution in [1.29, 1.82) is 0 Å². The summed E-state index contributed by atoms with van der Waals surface area (Å²) in [5.74, 6) is 0.307. The van der Waals surface area contributed by atoms with Crippen LogP contribution in [0.5, 0.6) is 0 Å². The van der Waals surface area contributed by atoms with E-state index in [-0.39, 0.29) is 17.9 Å². The molecule has 0 spiro atoms. The second kappa shape index (κ2) is 10.6. The van der Waals surface area contributed by atoms with Crippen LogP contribution in [0.4, 0.5) is 4.39 Å². The van der Waals surface area contributed by atoms with Gasteiger partial charge in [-0.15, -0.1) is 0 Å². The number of halogens is 1. The standard InChI is InChI=1S/C26H33FO2/c1-3-5-7-19-8-15-23(16-9-19)29-26(28)22-13-11-21(12-14-22)24-17-10-20(6-4-2)18-25(24)27/h10-14,17-19,23H,3-9,15-16H2,1-2H3. The van der Waals surface area contributed by atoms with Crippen LogP contribution in [0.25, 0.3) is 11.1 Å². The van der Waals surface area contributed by atoms with Gasteiger partial charge in [0, 0.05) is 5.56 Å². The largest absolute Gasteiger partial charge is 0.459 e. The molecule has 29 heavy (non-hydrogen) atoms. The minimum absolute atomic E-state index is 0.0311. The Morgan fingerprint density at radius 1 is 1.00 bits per heavy atom. The Kier molecular flexibility index (Phi) is 7.85. The number of benzene rings is 2. The van der Waals surface area contributed by atoms with Crippen LogP contribution in [-0.2, 0) is 11.2 Å². The van der Waals surface area contributed by atoms with Gasteiger partial charge in [0.15, 0.2) is 0 Å². The number of ether oxygens (including phenoxy) is 1. The maximum atomic E-state index is 14.4. The van der Waals surface area contributed by atoms with Crippen molar-refractivity contribution in [3.05, 3.63) is 59.4 Å². The van der Waals surface area contributed by atoms with Gasteiger partial charge in [0.1, 0.15) is 11.9 Å². The highest BCUT2D eigenvalue weighted by atomic mass is 19.1. The first-order valence-electron chi connectivity index (χ1n) is 11.2. The van der Waals surface area contributed by atoms with Gasteiger partial charge in [-0.1, -0.05) is 63.8 Å². The van der Waals surface area contributed by atoms with Gasteiger partial charge in [-0.05, 0) is 67.3 Å². The van der Waals surface area contributed by atoms with Crippen LogP contribution in [0.15, 0.2) is 42.5 Å². The quantitative estimate of drug-likeness (QED) is 0.436. The van der Waals surface area contributed by atoms with Gasteiger partial charge in [-0.2, -0.15) is 0 Å². The first-order chi connectivity index (χ1) is 14.1. The normalized spacial score (nSPS) is 19.1. The van der Waals surface area contributed by atoms with Crippen LogP contribution in [0, 0.1) is 11.7 Å². The molecule has 0 saturated heterocycles. The van der Waals surface area contributed by atoms with Gasteiger partial charge in [0.2, 0.25) is 0 Å². The van der Waals surface area contributed by atoms with Gasteiger partial charge < -0.3 is 4.74 Å². The highest BCUT2D eigenvalue weighted by molar-refractivity contribution is 5.90. The fraction of sp³-hybridized carbons (Fsp3) is 0.500. The van der Waals surface area contributed by atoms with Crippen molar-refractivity contribution >= 4 is 5.97 Å². The lowest BCUT2D eigenvalue weighted by molar-refractivity contribution is 0.0161. The molecule has 0 N–H and O–H groups in total. The van der Waals surface area contributed by atoms with E-state index in [2.05, 4.69) is 13.8 Å². The van der Waals surface area contributed by atoms with Crippen molar-refractivity contribution in [2.45, 2.75) is 77.7 Å². The molecule has 1 fully saturated rings. The SMILES string of the molecule is CCCCC1CCC(OC(=O)c2ccc(-c3ccc(CCC)cc3F)cc2)CC1. The number of carbonyl (C=O) groups excluding carboxylic acids is 1. The Labute approximate surface area is 174 Å². The predicted octanol–water partition coefficient (Wildman–Crippen LogP) is 7.35. The van der Waals surface area contributed by atoms with E-state index in [0.717, 1.165) is 55.6 Å². The average Bonchev–Trinajstić information content (AvgIpc) is 2.74. The maximum Gasteiger partial charge on any atom is 0.338 e. The lowest BCUT2D eigenvalue weighted by atomic mass is 9.84. The molecule has 1 aliphatic rings. The molecule has 0 amide bonds. The summed E-state index contributed by atoms with van der Waals surface area (Å²) in [6.45, 7) is 4.32. The number of aryl methyl sites for hydroxylation is 1. The van der Waals surface area contributed by atoms with Crippen molar-refractivity contribution in [2.24, 2.45) is 5.92 Å². The fourth-order valence-corrected chi connectivity index (χ4v) is 4.27. The Bertz CT molecular complexity index is 789. The van der Waals surface area contributed by atoms with Crippen LogP contribution in [0.3, 0.4) is 0 Å². The molecule has 0 bridgehead atoms. The minimum Gasteiger partial charge on any atom is -0.459 e.